The van der Waals surface area contributed by atoms with Crippen molar-refractivity contribution in [3.63, 3.8) is 0 Å². The lowest BCUT2D eigenvalue weighted by atomic mass is 10.0. The molecule has 0 aliphatic carbocycles. The molecule has 0 radical (unpaired) electrons. The first-order chi connectivity index (χ1) is 8.17. The highest BCUT2D eigenvalue weighted by molar-refractivity contribution is 7.99. The fourth-order valence-corrected chi connectivity index (χ4v) is 5.33. The van der Waals surface area contributed by atoms with Crippen molar-refractivity contribution < 1.29 is 8.42 Å². The molecule has 1 atom stereocenters. The molecule has 2 heterocycles. The van der Waals surface area contributed by atoms with Crippen molar-refractivity contribution in [1.82, 2.24) is 4.31 Å². The molecule has 0 amide bonds. The van der Waals surface area contributed by atoms with Crippen LogP contribution in [0.15, 0.2) is 29.2 Å². The molecule has 0 aromatic heterocycles. The largest absolute Gasteiger partial charge is 0.214 e. The molecule has 17 heavy (non-hydrogen) atoms. The Morgan fingerprint density at radius 2 is 2.18 bits per heavy atom. The summed E-state index contributed by atoms with van der Waals surface area (Å²) < 4.78 is 25.2. The van der Waals surface area contributed by atoms with Gasteiger partial charge in [-0.3, -0.25) is 0 Å². The number of hydrogen-bond donors (Lipinski definition) is 0. The van der Waals surface area contributed by atoms with Crippen LogP contribution in [-0.4, -0.2) is 37.3 Å². The highest BCUT2D eigenvalue weighted by atomic mass is 32.2. The van der Waals surface area contributed by atoms with Crippen LogP contribution in [0.1, 0.15) is 17.9 Å². The van der Waals surface area contributed by atoms with Gasteiger partial charge in [-0.15, -0.1) is 11.8 Å². The van der Waals surface area contributed by atoms with Gasteiger partial charge < -0.3 is 0 Å². The summed E-state index contributed by atoms with van der Waals surface area (Å²) >= 11 is 1.84. The third-order valence-corrected chi connectivity index (χ3v) is 6.60. The quantitative estimate of drug-likeness (QED) is 0.823. The molecule has 2 aliphatic heterocycles. The fraction of sp³-hybridized carbons (Fsp3) is 0.500. The Hall–Kier alpha value is -0.520. The lowest BCUT2D eigenvalue weighted by Gasteiger charge is -2.19. The Morgan fingerprint density at radius 3 is 2.94 bits per heavy atom. The van der Waals surface area contributed by atoms with Crippen LogP contribution in [0.4, 0.5) is 0 Å². The predicted octanol–water partition coefficient (Wildman–Crippen LogP) is 1.91. The lowest BCUT2D eigenvalue weighted by molar-refractivity contribution is 0.423. The third kappa shape index (κ3) is 2.11. The number of sulfonamides is 1. The average molecular weight is 269 g/mol. The minimum absolute atomic E-state index is 0.328. The van der Waals surface area contributed by atoms with E-state index in [1.807, 2.05) is 23.9 Å². The zero-order valence-electron chi connectivity index (χ0n) is 9.50. The van der Waals surface area contributed by atoms with E-state index in [2.05, 4.69) is 12.1 Å². The van der Waals surface area contributed by atoms with Crippen LogP contribution in [0.25, 0.3) is 0 Å². The van der Waals surface area contributed by atoms with E-state index in [0.717, 1.165) is 12.2 Å². The summed E-state index contributed by atoms with van der Waals surface area (Å²) in [5.41, 5.74) is 1.32. The molecule has 1 aromatic rings. The topological polar surface area (TPSA) is 37.4 Å². The summed E-state index contributed by atoms with van der Waals surface area (Å²) in [6, 6.07) is 8.33. The zero-order valence-corrected chi connectivity index (χ0v) is 11.1. The van der Waals surface area contributed by atoms with Gasteiger partial charge in [0.1, 0.15) is 0 Å². The number of rotatable bonds is 2. The van der Waals surface area contributed by atoms with Crippen LogP contribution in [-0.2, 0) is 10.0 Å². The van der Waals surface area contributed by atoms with Crippen molar-refractivity contribution in [1.29, 1.82) is 0 Å². The Morgan fingerprint density at radius 1 is 1.35 bits per heavy atom. The van der Waals surface area contributed by atoms with Crippen molar-refractivity contribution in [2.45, 2.75) is 17.2 Å². The van der Waals surface area contributed by atoms with Gasteiger partial charge in [-0.1, -0.05) is 18.2 Å². The Kier molecular flexibility index (Phi) is 2.92. The lowest BCUT2D eigenvalue weighted by Crippen LogP contribution is -2.30. The molecule has 0 N–H and O–H groups in total. The van der Waals surface area contributed by atoms with Crippen LogP contribution >= 0.6 is 11.8 Å². The first-order valence-electron chi connectivity index (χ1n) is 5.86. The maximum Gasteiger partial charge on any atom is 0.214 e. The van der Waals surface area contributed by atoms with Gasteiger partial charge in [0.15, 0.2) is 0 Å². The molecular formula is C12H15NO2S2. The minimum atomic E-state index is -2.95. The highest BCUT2D eigenvalue weighted by Crippen LogP contribution is 2.40. The average Bonchev–Trinajstić information content (AvgIpc) is 2.85. The van der Waals surface area contributed by atoms with E-state index in [9.17, 15) is 8.42 Å². The third-order valence-electron chi connectivity index (χ3n) is 3.43. The number of nitrogens with zero attached hydrogens (tertiary/aromatic N) is 1. The second-order valence-corrected chi connectivity index (χ2v) is 7.72. The molecule has 3 nitrogen and oxygen atoms in total. The standard InChI is InChI=1S/C12H15NO2S2/c14-17(15)7-3-6-13(17)8-10-9-16-12-5-2-1-4-11(10)12/h1-2,4-5,10H,3,6-9H2. The van der Waals surface area contributed by atoms with Gasteiger partial charge in [-0.25, -0.2) is 12.7 Å². The van der Waals surface area contributed by atoms with E-state index in [-0.39, 0.29) is 0 Å². The van der Waals surface area contributed by atoms with Gasteiger partial charge in [0.2, 0.25) is 10.0 Å². The van der Waals surface area contributed by atoms with E-state index in [0.29, 0.717) is 24.8 Å². The molecule has 0 saturated carbocycles. The molecule has 3 rings (SSSR count). The van der Waals surface area contributed by atoms with E-state index >= 15 is 0 Å². The van der Waals surface area contributed by atoms with E-state index in [1.165, 1.54) is 10.5 Å². The highest BCUT2D eigenvalue weighted by Gasteiger charge is 2.33. The van der Waals surface area contributed by atoms with Crippen molar-refractivity contribution >= 4 is 21.8 Å². The zero-order chi connectivity index (χ0) is 11.9. The summed E-state index contributed by atoms with van der Waals surface area (Å²) in [7, 11) is -2.95. The molecule has 2 aliphatic rings. The van der Waals surface area contributed by atoms with Crippen molar-refractivity contribution in [2.75, 3.05) is 24.6 Å². The number of benzene rings is 1. The minimum Gasteiger partial charge on any atom is -0.212 e. The number of hydrogen-bond acceptors (Lipinski definition) is 3. The molecule has 0 spiro atoms. The summed E-state index contributed by atoms with van der Waals surface area (Å²) in [6.07, 6.45) is 0.782. The Balaban J connectivity index is 1.80. The van der Waals surface area contributed by atoms with E-state index in [4.69, 9.17) is 0 Å². The molecule has 0 bridgehead atoms. The summed E-state index contributed by atoms with van der Waals surface area (Å²) in [6.45, 7) is 1.36. The molecule has 1 unspecified atom stereocenters. The van der Waals surface area contributed by atoms with Gasteiger partial charge in [0, 0.05) is 29.7 Å². The second-order valence-electron chi connectivity index (χ2n) is 4.57. The number of thioether (sulfide) groups is 1. The monoisotopic (exact) mass is 269 g/mol. The first kappa shape index (κ1) is 11.6. The van der Waals surface area contributed by atoms with E-state index in [1.54, 1.807) is 4.31 Å². The summed E-state index contributed by atoms with van der Waals surface area (Å²) in [5.74, 6) is 1.70. The molecule has 1 aromatic carbocycles. The maximum atomic E-state index is 11.8. The smallest absolute Gasteiger partial charge is 0.212 e. The van der Waals surface area contributed by atoms with Crippen LogP contribution in [0.2, 0.25) is 0 Å². The molecular weight excluding hydrogens is 254 g/mol. The Labute approximate surface area is 106 Å². The van der Waals surface area contributed by atoms with Crippen LogP contribution in [0.5, 0.6) is 0 Å². The SMILES string of the molecule is O=S1(=O)CCCN1CC1CSc2ccccc21. The van der Waals surface area contributed by atoms with Crippen LogP contribution < -0.4 is 0 Å². The maximum absolute atomic E-state index is 11.8. The predicted molar refractivity (Wildman–Crippen MR) is 69.9 cm³/mol. The number of fused-ring (bicyclic) bond motifs is 1. The van der Waals surface area contributed by atoms with Gasteiger partial charge in [0.05, 0.1) is 5.75 Å². The van der Waals surface area contributed by atoms with Gasteiger partial charge in [0.25, 0.3) is 0 Å². The van der Waals surface area contributed by atoms with Gasteiger partial charge >= 0.3 is 0 Å². The molecule has 1 saturated heterocycles. The van der Waals surface area contributed by atoms with Gasteiger partial charge in [-0.2, -0.15) is 0 Å². The molecule has 1 fully saturated rings. The van der Waals surface area contributed by atoms with Gasteiger partial charge in [-0.05, 0) is 18.1 Å². The fourth-order valence-electron chi connectivity index (χ4n) is 2.52. The van der Waals surface area contributed by atoms with Crippen molar-refractivity contribution in [2.24, 2.45) is 0 Å². The van der Waals surface area contributed by atoms with Crippen molar-refractivity contribution in [3.8, 4) is 0 Å². The molecule has 5 heteroatoms. The second kappa shape index (κ2) is 4.30. The van der Waals surface area contributed by atoms with E-state index < -0.39 is 10.0 Å². The first-order valence-corrected chi connectivity index (χ1v) is 8.46. The van der Waals surface area contributed by atoms with Crippen LogP contribution in [0.3, 0.4) is 0 Å². The normalized spacial score (nSPS) is 27.2. The van der Waals surface area contributed by atoms with Crippen molar-refractivity contribution in [3.05, 3.63) is 29.8 Å². The summed E-state index contributed by atoms with van der Waals surface area (Å²) in [5, 5.41) is 0. The Bertz CT molecular complexity index is 527. The summed E-state index contributed by atoms with van der Waals surface area (Å²) in [4.78, 5) is 1.31. The molecule has 92 valence electrons. The van der Waals surface area contributed by atoms with Crippen LogP contribution in [0, 0.1) is 0 Å².